The van der Waals surface area contributed by atoms with Crippen molar-refractivity contribution in [2.45, 2.75) is 25.4 Å². The van der Waals surface area contributed by atoms with E-state index in [9.17, 15) is 14.7 Å². The van der Waals surface area contributed by atoms with Crippen molar-refractivity contribution in [2.24, 2.45) is 5.73 Å². The molecule has 0 bridgehead atoms. The van der Waals surface area contributed by atoms with Gasteiger partial charge in [-0.15, -0.1) is 0 Å². The summed E-state index contributed by atoms with van der Waals surface area (Å²) in [5.41, 5.74) is 6.68. The van der Waals surface area contributed by atoms with Gasteiger partial charge in [0.1, 0.15) is 0 Å². The molecule has 3 N–H and O–H groups in total. The average Bonchev–Trinajstić information content (AvgIpc) is 2.62. The van der Waals surface area contributed by atoms with Gasteiger partial charge in [-0.3, -0.25) is 14.6 Å². The molecule has 0 aliphatic carbocycles. The Kier molecular flexibility index (Phi) is 4.55. The van der Waals surface area contributed by atoms with E-state index in [4.69, 9.17) is 5.73 Å². The molecule has 130 valence electrons. The molecule has 1 aromatic carbocycles. The molecule has 1 atom stereocenters. The summed E-state index contributed by atoms with van der Waals surface area (Å²) in [7, 11) is 0. The van der Waals surface area contributed by atoms with E-state index in [0.717, 1.165) is 16.8 Å². The summed E-state index contributed by atoms with van der Waals surface area (Å²) >= 11 is 0. The summed E-state index contributed by atoms with van der Waals surface area (Å²) in [6, 6.07) is 11.1. The lowest BCUT2D eigenvalue weighted by Crippen LogP contribution is -2.57. The van der Waals surface area contributed by atoms with Crippen molar-refractivity contribution in [2.75, 3.05) is 13.1 Å². The number of rotatable bonds is 3. The zero-order valence-electron chi connectivity index (χ0n) is 14.1. The third-order valence-electron chi connectivity index (χ3n) is 4.72. The van der Waals surface area contributed by atoms with Gasteiger partial charge >= 0.3 is 0 Å². The number of pyridine rings is 1. The monoisotopic (exact) mass is 339 g/mol. The molecule has 0 saturated carbocycles. The van der Waals surface area contributed by atoms with Gasteiger partial charge in [0.2, 0.25) is 0 Å². The summed E-state index contributed by atoms with van der Waals surface area (Å²) < 4.78 is 0. The number of aliphatic hydroxyl groups is 1. The van der Waals surface area contributed by atoms with Crippen LogP contribution in [0.25, 0.3) is 11.3 Å². The molecule has 2 aromatic rings. The van der Waals surface area contributed by atoms with Crippen molar-refractivity contribution in [1.82, 2.24) is 9.88 Å². The third-order valence-corrected chi connectivity index (χ3v) is 4.72. The molecule has 1 aliphatic heterocycles. The quantitative estimate of drug-likeness (QED) is 0.886. The molecule has 6 heteroatoms. The smallest absolute Gasteiger partial charge is 0.254 e. The number of amides is 2. The maximum atomic E-state index is 13.0. The second-order valence-electron chi connectivity index (χ2n) is 6.42. The summed E-state index contributed by atoms with van der Waals surface area (Å²) in [4.78, 5) is 30.3. The molecule has 0 radical (unpaired) electrons. The average molecular weight is 339 g/mol. The number of piperidine rings is 1. The minimum absolute atomic E-state index is 0.0750. The standard InChI is InChI=1S/C19H21N3O3/c1-13-14(16-8-2-3-10-21-16)6-4-7-15(13)17(23)22-11-5-9-19(25,12-22)18(20)24/h2-4,6-8,10,25H,5,9,11-12H2,1H3,(H2,20,24). The van der Waals surface area contributed by atoms with E-state index in [1.807, 2.05) is 37.3 Å². The first-order valence-corrected chi connectivity index (χ1v) is 8.25. The summed E-state index contributed by atoms with van der Waals surface area (Å²) in [6.45, 7) is 2.29. The predicted molar refractivity (Wildman–Crippen MR) is 93.7 cm³/mol. The number of hydrogen-bond acceptors (Lipinski definition) is 4. The van der Waals surface area contributed by atoms with E-state index >= 15 is 0 Å². The van der Waals surface area contributed by atoms with Gasteiger partial charge in [0.05, 0.1) is 12.2 Å². The van der Waals surface area contributed by atoms with Crippen LogP contribution >= 0.6 is 0 Å². The van der Waals surface area contributed by atoms with Crippen LogP contribution in [0, 0.1) is 6.92 Å². The second kappa shape index (κ2) is 6.64. The number of carbonyl (C=O) groups is 2. The summed E-state index contributed by atoms with van der Waals surface area (Å²) in [6.07, 6.45) is 2.52. The van der Waals surface area contributed by atoms with Gasteiger partial charge in [-0.1, -0.05) is 18.2 Å². The topological polar surface area (TPSA) is 96.5 Å². The molecule has 1 aromatic heterocycles. The minimum atomic E-state index is -1.65. The van der Waals surface area contributed by atoms with Crippen molar-refractivity contribution in [3.63, 3.8) is 0 Å². The molecule has 1 unspecified atom stereocenters. The van der Waals surface area contributed by atoms with Gasteiger partial charge in [0.15, 0.2) is 5.60 Å². The highest BCUT2D eigenvalue weighted by molar-refractivity contribution is 5.98. The van der Waals surface area contributed by atoms with E-state index < -0.39 is 11.5 Å². The summed E-state index contributed by atoms with van der Waals surface area (Å²) in [5, 5.41) is 10.3. The Bertz CT molecular complexity index is 807. The molecule has 1 aliphatic rings. The van der Waals surface area contributed by atoms with Gasteiger partial charge < -0.3 is 15.7 Å². The van der Waals surface area contributed by atoms with Crippen LogP contribution in [0.5, 0.6) is 0 Å². The Morgan fingerprint density at radius 3 is 2.72 bits per heavy atom. The molecular weight excluding hydrogens is 318 g/mol. The SMILES string of the molecule is Cc1c(C(=O)N2CCCC(O)(C(N)=O)C2)cccc1-c1ccccn1. The molecule has 6 nitrogen and oxygen atoms in total. The number of primary amides is 1. The second-order valence-corrected chi connectivity index (χ2v) is 6.42. The maximum absolute atomic E-state index is 13.0. The Balaban J connectivity index is 1.92. The number of benzene rings is 1. The van der Waals surface area contributed by atoms with Crippen LogP contribution in [-0.2, 0) is 4.79 Å². The number of likely N-dealkylation sites (tertiary alicyclic amines) is 1. The van der Waals surface area contributed by atoms with Crippen molar-refractivity contribution in [3.05, 3.63) is 53.7 Å². The molecule has 25 heavy (non-hydrogen) atoms. The van der Waals surface area contributed by atoms with E-state index in [2.05, 4.69) is 4.98 Å². The largest absolute Gasteiger partial charge is 0.378 e. The van der Waals surface area contributed by atoms with Crippen LogP contribution in [0.15, 0.2) is 42.6 Å². The van der Waals surface area contributed by atoms with E-state index in [-0.39, 0.29) is 18.9 Å². The highest BCUT2D eigenvalue weighted by atomic mass is 16.3. The highest BCUT2D eigenvalue weighted by Crippen LogP contribution is 2.27. The highest BCUT2D eigenvalue weighted by Gasteiger charge is 2.40. The Morgan fingerprint density at radius 2 is 2.04 bits per heavy atom. The Labute approximate surface area is 146 Å². The fraction of sp³-hybridized carbons (Fsp3) is 0.316. The molecule has 0 spiro atoms. The lowest BCUT2D eigenvalue weighted by Gasteiger charge is -2.37. The van der Waals surface area contributed by atoms with Crippen LogP contribution < -0.4 is 5.73 Å². The Hall–Kier alpha value is -2.73. The van der Waals surface area contributed by atoms with Crippen LogP contribution in [0.3, 0.4) is 0 Å². The van der Waals surface area contributed by atoms with Gasteiger partial charge in [0.25, 0.3) is 11.8 Å². The zero-order chi connectivity index (χ0) is 18.0. The zero-order valence-corrected chi connectivity index (χ0v) is 14.1. The molecule has 2 heterocycles. The predicted octanol–water partition coefficient (Wildman–Crippen LogP) is 1.51. The first kappa shape index (κ1) is 17.1. The van der Waals surface area contributed by atoms with Gasteiger partial charge in [-0.25, -0.2) is 0 Å². The number of nitrogens with two attached hydrogens (primary N) is 1. The van der Waals surface area contributed by atoms with E-state index in [1.54, 1.807) is 12.3 Å². The van der Waals surface area contributed by atoms with Crippen LogP contribution in [0.2, 0.25) is 0 Å². The molecule has 1 saturated heterocycles. The van der Waals surface area contributed by atoms with Crippen molar-refractivity contribution in [3.8, 4) is 11.3 Å². The van der Waals surface area contributed by atoms with Crippen LogP contribution in [0.4, 0.5) is 0 Å². The fourth-order valence-corrected chi connectivity index (χ4v) is 3.25. The number of aromatic nitrogens is 1. The number of β-amino-alcohol motifs (C(OH)–C–C–N with tert-alkyl or cyclic N) is 1. The lowest BCUT2D eigenvalue weighted by atomic mass is 9.91. The third kappa shape index (κ3) is 3.25. The number of carbonyl (C=O) groups excluding carboxylic acids is 2. The van der Waals surface area contributed by atoms with Crippen LogP contribution in [0.1, 0.15) is 28.8 Å². The lowest BCUT2D eigenvalue weighted by molar-refractivity contribution is -0.140. The van der Waals surface area contributed by atoms with Crippen molar-refractivity contribution in [1.29, 1.82) is 0 Å². The van der Waals surface area contributed by atoms with E-state index in [1.165, 1.54) is 4.90 Å². The van der Waals surface area contributed by atoms with Gasteiger partial charge in [-0.05, 0) is 43.5 Å². The molecule has 1 fully saturated rings. The number of hydrogen-bond donors (Lipinski definition) is 2. The summed E-state index contributed by atoms with van der Waals surface area (Å²) in [5.74, 6) is -1.00. The Morgan fingerprint density at radius 1 is 1.24 bits per heavy atom. The van der Waals surface area contributed by atoms with E-state index in [0.29, 0.717) is 18.5 Å². The first-order valence-electron chi connectivity index (χ1n) is 8.25. The molecular formula is C19H21N3O3. The minimum Gasteiger partial charge on any atom is -0.378 e. The molecule has 2 amide bonds. The fourth-order valence-electron chi connectivity index (χ4n) is 3.25. The van der Waals surface area contributed by atoms with Gasteiger partial charge in [-0.2, -0.15) is 0 Å². The van der Waals surface area contributed by atoms with Crippen LogP contribution in [-0.4, -0.2) is 45.5 Å². The number of nitrogens with zero attached hydrogens (tertiary/aromatic N) is 2. The molecule has 3 rings (SSSR count). The maximum Gasteiger partial charge on any atom is 0.254 e. The first-order chi connectivity index (χ1) is 11.9. The van der Waals surface area contributed by atoms with Crippen molar-refractivity contribution >= 4 is 11.8 Å². The normalized spacial score (nSPS) is 20.3. The van der Waals surface area contributed by atoms with Crippen molar-refractivity contribution < 1.29 is 14.7 Å². The van der Waals surface area contributed by atoms with Gasteiger partial charge in [0, 0.05) is 23.9 Å².